The molecule has 2 aromatic rings. The molecule has 7 heteroatoms. The maximum Gasteiger partial charge on any atom is 0.312 e. The lowest BCUT2D eigenvalue weighted by atomic mass is 9.99. The van der Waals surface area contributed by atoms with Crippen LogP contribution in [-0.2, 0) is 25.6 Å². The average Bonchev–Trinajstić information content (AvgIpc) is 2.85. The van der Waals surface area contributed by atoms with E-state index in [1.807, 2.05) is 77.1 Å². The standard InChI is InChI=1S/C29H41NO6/c1-20-16-23(21(2)27(31)32-6)18-26(17-20)34-19-22-8-10-24(11-9-22)35-25-12-14-30(15-13-25)28(33-7)36-29(3,4)5/h8-11,16-18,21,25,28H,12-15,19H2,1-7H3/t21?,28-/m1/s1. The quantitative estimate of drug-likeness (QED) is 0.319. The fourth-order valence-corrected chi connectivity index (χ4v) is 4.22. The van der Waals surface area contributed by atoms with Gasteiger partial charge in [-0.05, 0) is 88.4 Å². The van der Waals surface area contributed by atoms with Gasteiger partial charge < -0.3 is 23.7 Å². The minimum atomic E-state index is -0.341. The fraction of sp³-hybridized carbons (Fsp3) is 0.552. The lowest BCUT2D eigenvalue weighted by molar-refractivity contribution is -0.257. The number of carbonyl (C=O) groups excluding carboxylic acids is 1. The molecular weight excluding hydrogens is 458 g/mol. The molecule has 0 radical (unpaired) electrons. The van der Waals surface area contributed by atoms with E-state index in [0.29, 0.717) is 6.61 Å². The van der Waals surface area contributed by atoms with E-state index in [9.17, 15) is 4.79 Å². The minimum absolute atomic E-state index is 0.165. The molecule has 7 nitrogen and oxygen atoms in total. The van der Waals surface area contributed by atoms with Gasteiger partial charge in [0.1, 0.15) is 24.2 Å². The van der Waals surface area contributed by atoms with Crippen LogP contribution in [-0.4, -0.2) is 56.3 Å². The van der Waals surface area contributed by atoms with Crippen molar-refractivity contribution in [2.45, 2.75) is 78.1 Å². The Kier molecular flexibility index (Phi) is 9.77. The first-order valence-corrected chi connectivity index (χ1v) is 12.6. The summed E-state index contributed by atoms with van der Waals surface area (Å²) in [4.78, 5) is 14.1. The lowest BCUT2D eigenvalue weighted by Crippen LogP contribution is -2.48. The summed E-state index contributed by atoms with van der Waals surface area (Å²) in [5.74, 6) is 0.991. The summed E-state index contributed by atoms with van der Waals surface area (Å²) in [7, 11) is 3.09. The summed E-state index contributed by atoms with van der Waals surface area (Å²) in [6.45, 7) is 12.1. The fourth-order valence-electron chi connectivity index (χ4n) is 4.22. The average molecular weight is 500 g/mol. The van der Waals surface area contributed by atoms with Crippen molar-refractivity contribution >= 4 is 5.97 Å². The second-order valence-electron chi connectivity index (χ2n) is 10.4. The second-order valence-corrected chi connectivity index (χ2v) is 10.4. The van der Waals surface area contributed by atoms with Crippen LogP contribution in [0.25, 0.3) is 0 Å². The first kappa shape index (κ1) is 28.0. The number of esters is 1. The van der Waals surface area contributed by atoms with Gasteiger partial charge in [0.2, 0.25) is 6.41 Å². The first-order chi connectivity index (χ1) is 17.1. The van der Waals surface area contributed by atoms with Crippen molar-refractivity contribution in [3.8, 4) is 11.5 Å². The number of ether oxygens (including phenoxy) is 5. The van der Waals surface area contributed by atoms with E-state index in [0.717, 1.165) is 54.1 Å². The molecule has 36 heavy (non-hydrogen) atoms. The van der Waals surface area contributed by atoms with Crippen molar-refractivity contribution in [2.75, 3.05) is 27.3 Å². The van der Waals surface area contributed by atoms with Crippen molar-refractivity contribution in [1.82, 2.24) is 4.90 Å². The van der Waals surface area contributed by atoms with Gasteiger partial charge in [-0.1, -0.05) is 18.2 Å². The maximum atomic E-state index is 11.9. The highest BCUT2D eigenvalue weighted by Crippen LogP contribution is 2.26. The lowest BCUT2D eigenvalue weighted by Gasteiger charge is -2.38. The molecular formula is C29H41NO6. The Labute approximate surface area is 215 Å². The van der Waals surface area contributed by atoms with E-state index < -0.39 is 0 Å². The molecule has 0 spiro atoms. The van der Waals surface area contributed by atoms with E-state index in [-0.39, 0.29) is 30.0 Å². The molecule has 1 fully saturated rings. The molecule has 198 valence electrons. The van der Waals surface area contributed by atoms with E-state index >= 15 is 0 Å². The summed E-state index contributed by atoms with van der Waals surface area (Å²) < 4.78 is 28.7. The van der Waals surface area contributed by atoms with Gasteiger partial charge in [-0.15, -0.1) is 0 Å². The van der Waals surface area contributed by atoms with E-state index in [4.69, 9.17) is 23.7 Å². The molecule has 1 unspecified atom stereocenters. The SMILES string of the molecule is COC(=O)C(C)c1cc(C)cc(OCc2ccc(OC3CCN([C@H](OC)OC(C)(C)C)CC3)cc2)c1. The predicted octanol–water partition coefficient (Wildman–Crippen LogP) is 5.44. The Bertz CT molecular complexity index is 976. The third kappa shape index (κ3) is 8.22. The van der Waals surface area contributed by atoms with Crippen molar-refractivity contribution in [3.63, 3.8) is 0 Å². The molecule has 0 amide bonds. The zero-order chi connectivity index (χ0) is 26.3. The Balaban J connectivity index is 1.50. The van der Waals surface area contributed by atoms with Crippen LogP contribution in [0.1, 0.15) is 63.1 Å². The highest BCUT2D eigenvalue weighted by atomic mass is 16.7. The summed E-state index contributed by atoms with van der Waals surface area (Å²) >= 11 is 0. The summed E-state index contributed by atoms with van der Waals surface area (Å²) in [5.41, 5.74) is 2.70. The zero-order valence-electron chi connectivity index (χ0n) is 22.7. The van der Waals surface area contributed by atoms with Gasteiger partial charge >= 0.3 is 5.97 Å². The maximum absolute atomic E-state index is 11.9. The van der Waals surface area contributed by atoms with Gasteiger partial charge in [0.25, 0.3) is 0 Å². The van der Waals surface area contributed by atoms with Crippen molar-refractivity contribution < 1.29 is 28.5 Å². The molecule has 2 atom stereocenters. The number of carbonyl (C=O) groups is 1. The Hall–Kier alpha value is -2.61. The van der Waals surface area contributed by atoms with Crippen LogP contribution in [0.4, 0.5) is 0 Å². The number of likely N-dealkylation sites (tertiary alicyclic amines) is 1. The van der Waals surface area contributed by atoms with Crippen LogP contribution in [0.5, 0.6) is 11.5 Å². The van der Waals surface area contributed by atoms with Gasteiger partial charge in [-0.25, -0.2) is 0 Å². The third-order valence-electron chi connectivity index (χ3n) is 6.19. The predicted molar refractivity (Wildman–Crippen MR) is 139 cm³/mol. The molecule has 2 aromatic carbocycles. The van der Waals surface area contributed by atoms with Gasteiger partial charge in [0.15, 0.2) is 0 Å². The smallest absolute Gasteiger partial charge is 0.312 e. The summed E-state index contributed by atoms with van der Waals surface area (Å²) in [6, 6.07) is 13.9. The van der Waals surface area contributed by atoms with Crippen LogP contribution in [0.3, 0.4) is 0 Å². The Morgan fingerprint density at radius 3 is 2.28 bits per heavy atom. The summed E-state index contributed by atoms with van der Waals surface area (Å²) in [6.07, 6.45) is 1.66. The Morgan fingerprint density at radius 2 is 1.69 bits per heavy atom. The van der Waals surface area contributed by atoms with Crippen molar-refractivity contribution in [3.05, 3.63) is 59.2 Å². The van der Waals surface area contributed by atoms with Crippen LogP contribution < -0.4 is 9.47 Å². The number of rotatable bonds is 10. The van der Waals surface area contributed by atoms with E-state index in [2.05, 4.69) is 4.90 Å². The van der Waals surface area contributed by atoms with Crippen molar-refractivity contribution in [2.24, 2.45) is 0 Å². The Morgan fingerprint density at radius 1 is 1.03 bits per heavy atom. The second kappa shape index (κ2) is 12.6. The van der Waals surface area contributed by atoms with E-state index in [1.165, 1.54) is 7.11 Å². The molecule has 0 saturated carbocycles. The number of nitrogens with zero attached hydrogens (tertiary/aromatic N) is 1. The molecule has 1 aliphatic rings. The number of hydrogen-bond acceptors (Lipinski definition) is 7. The number of methoxy groups -OCH3 is 2. The zero-order valence-corrected chi connectivity index (χ0v) is 22.7. The van der Waals surface area contributed by atoms with Gasteiger partial charge in [-0.2, -0.15) is 0 Å². The van der Waals surface area contributed by atoms with Gasteiger partial charge in [-0.3, -0.25) is 9.69 Å². The molecule has 0 aromatic heterocycles. The monoisotopic (exact) mass is 499 g/mol. The highest BCUT2D eigenvalue weighted by Gasteiger charge is 2.29. The van der Waals surface area contributed by atoms with Crippen LogP contribution >= 0.6 is 0 Å². The van der Waals surface area contributed by atoms with Crippen molar-refractivity contribution in [1.29, 1.82) is 0 Å². The van der Waals surface area contributed by atoms with E-state index in [1.54, 1.807) is 7.11 Å². The van der Waals surface area contributed by atoms with Gasteiger partial charge in [0, 0.05) is 20.2 Å². The van der Waals surface area contributed by atoms with Crippen LogP contribution in [0.2, 0.25) is 0 Å². The first-order valence-electron chi connectivity index (χ1n) is 12.6. The number of aryl methyl sites for hydroxylation is 1. The molecule has 1 saturated heterocycles. The summed E-state index contributed by atoms with van der Waals surface area (Å²) in [5, 5.41) is 0. The molecule has 3 rings (SSSR count). The number of hydrogen-bond donors (Lipinski definition) is 0. The number of benzene rings is 2. The molecule has 0 aliphatic carbocycles. The largest absolute Gasteiger partial charge is 0.490 e. The van der Waals surface area contributed by atoms with Gasteiger partial charge in [0.05, 0.1) is 18.6 Å². The van der Waals surface area contributed by atoms with Crippen LogP contribution in [0, 0.1) is 6.92 Å². The molecule has 1 aliphatic heterocycles. The molecule has 0 bridgehead atoms. The minimum Gasteiger partial charge on any atom is -0.490 e. The number of piperidine rings is 1. The molecule has 0 N–H and O–H groups in total. The third-order valence-corrected chi connectivity index (χ3v) is 6.19. The topological polar surface area (TPSA) is 66.5 Å². The highest BCUT2D eigenvalue weighted by molar-refractivity contribution is 5.77. The van der Waals surface area contributed by atoms with Crippen LogP contribution in [0.15, 0.2) is 42.5 Å². The normalized spacial score (nSPS) is 16.9. The molecule has 1 heterocycles.